The number of ether oxygens (including phenoxy) is 3. The molecular formula is C26H38O9. The Kier molecular flexibility index (Phi) is 6.44. The minimum Gasteiger partial charge on any atom is -0.454 e. The van der Waals surface area contributed by atoms with E-state index >= 15 is 0 Å². The van der Waals surface area contributed by atoms with E-state index < -0.39 is 48.8 Å². The first-order valence-electron chi connectivity index (χ1n) is 12.7. The fourth-order valence-electron chi connectivity index (χ4n) is 7.71. The van der Waals surface area contributed by atoms with Crippen molar-refractivity contribution in [2.75, 3.05) is 13.2 Å². The van der Waals surface area contributed by atoms with Crippen LogP contribution in [0.1, 0.15) is 52.9 Å². The van der Waals surface area contributed by atoms with Crippen molar-refractivity contribution in [2.45, 2.75) is 95.8 Å². The molecule has 11 atom stereocenters. The zero-order chi connectivity index (χ0) is 25.3. The predicted octanol–water partition coefficient (Wildman–Crippen LogP) is 0.568. The summed E-state index contributed by atoms with van der Waals surface area (Å²) in [5.74, 6) is 0.0985. The zero-order valence-corrected chi connectivity index (χ0v) is 20.6. The van der Waals surface area contributed by atoms with Gasteiger partial charge in [0.15, 0.2) is 6.29 Å². The molecule has 5 aliphatic rings. The Morgan fingerprint density at radius 3 is 2.54 bits per heavy atom. The molecule has 3 fully saturated rings. The standard InChI is InChI=1S/C26H38O9/c1-12-14-8-13-4-5-18-25(2,15(13)9-16(14)33-23(12)32)7-6-19(26(18,3)11-28)35-24-22(31)21(30)20(29)17(10-27)34-24/h8,15-22,24,27-31H,4-7,9-11H2,1-3H3. The molecule has 0 aromatic carbocycles. The lowest BCUT2D eigenvalue weighted by Gasteiger charge is -2.61. The van der Waals surface area contributed by atoms with Crippen molar-refractivity contribution in [1.29, 1.82) is 0 Å². The van der Waals surface area contributed by atoms with Crippen molar-refractivity contribution in [2.24, 2.45) is 22.7 Å². The zero-order valence-electron chi connectivity index (χ0n) is 20.6. The maximum atomic E-state index is 12.2. The Hall–Kier alpha value is -1.33. The Labute approximate surface area is 205 Å². The van der Waals surface area contributed by atoms with Crippen molar-refractivity contribution in [3.05, 3.63) is 22.8 Å². The summed E-state index contributed by atoms with van der Waals surface area (Å²) in [6, 6.07) is 0. The van der Waals surface area contributed by atoms with Crippen molar-refractivity contribution >= 4 is 5.97 Å². The van der Waals surface area contributed by atoms with Crippen LogP contribution in [0.4, 0.5) is 0 Å². The number of carbonyl (C=O) groups excluding carboxylic acids is 1. The van der Waals surface area contributed by atoms with Gasteiger partial charge in [0.25, 0.3) is 0 Å². The van der Waals surface area contributed by atoms with Crippen LogP contribution < -0.4 is 0 Å². The van der Waals surface area contributed by atoms with Gasteiger partial charge < -0.3 is 39.7 Å². The van der Waals surface area contributed by atoms with E-state index in [1.54, 1.807) is 0 Å². The smallest absolute Gasteiger partial charge is 0.334 e. The second kappa shape index (κ2) is 8.90. The molecule has 0 spiro atoms. The fraction of sp³-hybridized carbons (Fsp3) is 0.808. The molecule has 196 valence electrons. The highest BCUT2D eigenvalue weighted by Crippen LogP contribution is 2.64. The summed E-state index contributed by atoms with van der Waals surface area (Å²) in [6.45, 7) is 5.46. The molecule has 3 aliphatic carbocycles. The number of aliphatic hydroxyl groups is 5. The Bertz CT molecular complexity index is 928. The summed E-state index contributed by atoms with van der Waals surface area (Å²) in [5.41, 5.74) is 2.28. The second-order valence-corrected chi connectivity index (χ2v) is 11.6. The average molecular weight is 495 g/mol. The Morgan fingerprint density at radius 2 is 1.86 bits per heavy atom. The third-order valence-corrected chi connectivity index (χ3v) is 9.85. The first-order chi connectivity index (χ1) is 16.5. The van der Waals surface area contributed by atoms with Crippen LogP contribution in [0.25, 0.3) is 0 Å². The molecule has 1 saturated heterocycles. The highest BCUT2D eigenvalue weighted by atomic mass is 16.7. The predicted molar refractivity (Wildman–Crippen MR) is 123 cm³/mol. The lowest BCUT2D eigenvalue weighted by molar-refractivity contribution is -0.330. The largest absolute Gasteiger partial charge is 0.454 e. The molecule has 5 rings (SSSR count). The highest BCUT2D eigenvalue weighted by Gasteiger charge is 2.60. The van der Waals surface area contributed by atoms with Gasteiger partial charge in [-0.3, -0.25) is 0 Å². The number of esters is 1. The molecule has 9 nitrogen and oxygen atoms in total. The summed E-state index contributed by atoms with van der Waals surface area (Å²) in [6.07, 6.45) is -1.31. The van der Waals surface area contributed by atoms with E-state index in [0.717, 1.165) is 31.3 Å². The van der Waals surface area contributed by atoms with Crippen LogP contribution in [-0.4, -0.2) is 87.6 Å². The number of hydrogen-bond acceptors (Lipinski definition) is 9. The van der Waals surface area contributed by atoms with Gasteiger partial charge in [0.1, 0.15) is 30.5 Å². The van der Waals surface area contributed by atoms with Crippen LogP contribution in [0.2, 0.25) is 0 Å². The summed E-state index contributed by atoms with van der Waals surface area (Å²) in [4.78, 5) is 12.2. The van der Waals surface area contributed by atoms with E-state index in [0.29, 0.717) is 12.0 Å². The third kappa shape index (κ3) is 3.74. The van der Waals surface area contributed by atoms with E-state index in [9.17, 15) is 30.3 Å². The minimum atomic E-state index is -1.51. The van der Waals surface area contributed by atoms with Crippen molar-refractivity contribution < 1.29 is 44.5 Å². The van der Waals surface area contributed by atoms with E-state index in [4.69, 9.17) is 14.2 Å². The van der Waals surface area contributed by atoms with Crippen molar-refractivity contribution in [3.8, 4) is 0 Å². The molecule has 0 radical (unpaired) electrons. The van der Waals surface area contributed by atoms with Gasteiger partial charge in [0, 0.05) is 16.6 Å². The molecule has 2 aliphatic heterocycles. The maximum absolute atomic E-state index is 12.2. The lowest BCUT2D eigenvalue weighted by atomic mass is 9.45. The molecule has 5 N–H and O–H groups in total. The number of carbonyl (C=O) groups is 1. The highest BCUT2D eigenvalue weighted by molar-refractivity contribution is 5.92. The number of fused-ring (bicyclic) bond motifs is 4. The molecule has 0 amide bonds. The van der Waals surface area contributed by atoms with E-state index in [1.807, 2.05) is 13.8 Å². The van der Waals surface area contributed by atoms with Gasteiger partial charge in [-0.25, -0.2) is 4.79 Å². The topological polar surface area (TPSA) is 146 Å². The minimum absolute atomic E-state index is 0.106. The number of allylic oxidation sites excluding steroid dienone is 1. The van der Waals surface area contributed by atoms with Crippen LogP contribution in [0.5, 0.6) is 0 Å². The average Bonchev–Trinajstić information content (AvgIpc) is 3.12. The summed E-state index contributed by atoms with van der Waals surface area (Å²) in [5, 5.41) is 51.0. The van der Waals surface area contributed by atoms with Crippen LogP contribution in [0.3, 0.4) is 0 Å². The van der Waals surface area contributed by atoms with Gasteiger partial charge >= 0.3 is 5.97 Å². The van der Waals surface area contributed by atoms with Crippen molar-refractivity contribution in [1.82, 2.24) is 0 Å². The molecule has 35 heavy (non-hydrogen) atoms. The van der Waals surface area contributed by atoms with Gasteiger partial charge in [-0.05, 0) is 56.3 Å². The molecule has 2 saturated carbocycles. The molecule has 11 unspecified atom stereocenters. The van der Waals surface area contributed by atoms with Gasteiger partial charge in [0.05, 0.1) is 19.3 Å². The number of rotatable bonds is 4. The van der Waals surface area contributed by atoms with Crippen LogP contribution >= 0.6 is 0 Å². The molecule has 0 bridgehead atoms. The third-order valence-electron chi connectivity index (χ3n) is 9.85. The number of hydrogen-bond donors (Lipinski definition) is 5. The van der Waals surface area contributed by atoms with Crippen LogP contribution in [0, 0.1) is 22.7 Å². The fourth-order valence-corrected chi connectivity index (χ4v) is 7.71. The first kappa shape index (κ1) is 25.3. The van der Waals surface area contributed by atoms with Gasteiger partial charge in [-0.1, -0.05) is 25.5 Å². The SMILES string of the molecule is CC1=C2C=C3CCC4C(C)(CO)C(OC5OC(CO)C(O)C(O)C5O)CCC4(C)C3CC2OC1=O. The summed E-state index contributed by atoms with van der Waals surface area (Å²) in [7, 11) is 0. The number of aliphatic hydroxyl groups excluding tert-OH is 5. The second-order valence-electron chi connectivity index (χ2n) is 11.6. The normalized spacial score (nSPS) is 49.7. The quantitative estimate of drug-likeness (QED) is 0.280. The Balaban J connectivity index is 1.39. The van der Waals surface area contributed by atoms with E-state index in [2.05, 4.69) is 13.0 Å². The first-order valence-corrected chi connectivity index (χ1v) is 12.7. The maximum Gasteiger partial charge on any atom is 0.334 e. The Morgan fingerprint density at radius 1 is 1.11 bits per heavy atom. The van der Waals surface area contributed by atoms with Crippen molar-refractivity contribution in [3.63, 3.8) is 0 Å². The molecular weight excluding hydrogens is 456 g/mol. The summed E-state index contributed by atoms with van der Waals surface area (Å²) < 4.78 is 17.5. The van der Waals surface area contributed by atoms with Crippen LogP contribution in [-0.2, 0) is 19.0 Å². The molecule has 2 heterocycles. The lowest BCUT2D eigenvalue weighted by Crippen LogP contribution is -2.63. The van der Waals surface area contributed by atoms with Gasteiger partial charge in [0.2, 0.25) is 0 Å². The van der Waals surface area contributed by atoms with E-state index in [1.165, 1.54) is 5.57 Å². The molecule has 0 aromatic heterocycles. The van der Waals surface area contributed by atoms with Gasteiger partial charge in [-0.2, -0.15) is 0 Å². The van der Waals surface area contributed by atoms with Gasteiger partial charge in [-0.15, -0.1) is 0 Å². The van der Waals surface area contributed by atoms with Crippen LogP contribution in [0.15, 0.2) is 22.8 Å². The molecule has 9 heteroatoms. The molecule has 0 aromatic rings. The monoisotopic (exact) mass is 494 g/mol. The summed E-state index contributed by atoms with van der Waals surface area (Å²) >= 11 is 0. The van der Waals surface area contributed by atoms with E-state index in [-0.39, 0.29) is 35.9 Å².